The number of rotatable bonds is 5. The molecule has 1 aliphatic rings. The topological polar surface area (TPSA) is 94.5 Å². The van der Waals surface area contributed by atoms with Gasteiger partial charge in [-0.2, -0.15) is 0 Å². The summed E-state index contributed by atoms with van der Waals surface area (Å²) in [6, 6.07) is 8.99. The second-order valence-corrected chi connectivity index (χ2v) is 7.95. The third-order valence-electron chi connectivity index (χ3n) is 4.15. The van der Waals surface area contributed by atoms with Crippen molar-refractivity contribution in [1.29, 1.82) is 5.41 Å². The quantitative estimate of drug-likeness (QED) is 0.513. The molecule has 1 saturated heterocycles. The highest BCUT2D eigenvalue weighted by atomic mass is 35.5. The number of alkyl carbamates (subject to hydrolysis) is 1. The summed E-state index contributed by atoms with van der Waals surface area (Å²) in [7, 11) is 0. The number of para-hydroxylation sites is 1. The molecule has 1 aromatic carbocycles. The van der Waals surface area contributed by atoms with E-state index in [-0.39, 0.29) is 11.1 Å². The van der Waals surface area contributed by atoms with Crippen molar-refractivity contribution >= 4 is 35.5 Å². The highest BCUT2D eigenvalue weighted by molar-refractivity contribution is 6.45. The van der Waals surface area contributed by atoms with Crippen LogP contribution < -0.4 is 10.6 Å². The van der Waals surface area contributed by atoms with E-state index in [0.717, 1.165) is 6.21 Å². The minimum atomic E-state index is -0.541. The molecule has 0 saturated carbocycles. The molecule has 1 heterocycles. The number of piperidine rings is 1. The van der Waals surface area contributed by atoms with Crippen LogP contribution in [0.2, 0.25) is 0 Å². The van der Waals surface area contributed by atoms with Gasteiger partial charge in [0.1, 0.15) is 10.6 Å². The first-order valence-electron chi connectivity index (χ1n) is 9.20. The largest absolute Gasteiger partial charge is 0.444 e. The molecule has 3 N–H and O–H groups in total. The Balaban J connectivity index is 1.94. The number of nitrogens with zero attached hydrogens (tertiary/aromatic N) is 1. The van der Waals surface area contributed by atoms with Gasteiger partial charge >= 0.3 is 6.09 Å². The number of likely N-dealkylation sites (tertiary alicyclic amines) is 1. The molecule has 7 nitrogen and oxygen atoms in total. The molecule has 8 heteroatoms. The Morgan fingerprint density at radius 2 is 1.82 bits per heavy atom. The minimum Gasteiger partial charge on any atom is -0.444 e. The number of ether oxygens (including phenoxy) is 1. The molecule has 1 fully saturated rings. The van der Waals surface area contributed by atoms with Gasteiger partial charge in [-0.15, -0.1) is 0 Å². The van der Waals surface area contributed by atoms with Crippen LogP contribution in [0.5, 0.6) is 0 Å². The molecule has 0 atom stereocenters. The molecule has 2 rings (SSSR count). The van der Waals surface area contributed by atoms with Crippen LogP contribution in [0.1, 0.15) is 33.6 Å². The number of carbonyl (C=O) groups excluding carboxylic acids is 2. The van der Waals surface area contributed by atoms with Gasteiger partial charge in [0.2, 0.25) is 0 Å². The van der Waals surface area contributed by atoms with Crippen molar-refractivity contribution in [2.24, 2.45) is 0 Å². The summed E-state index contributed by atoms with van der Waals surface area (Å²) in [5.41, 5.74) is 0.460. The molecule has 28 heavy (non-hydrogen) atoms. The number of hydrogen-bond donors (Lipinski definition) is 3. The Morgan fingerprint density at radius 3 is 2.36 bits per heavy atom. The zero-order valence-corrected chi connectivity index (χ0v) is 17.2. The smallest absolute Gasteiger partial charge is 0.407 e. The maximum Gasteiger partial charge on any atom is 0.407 e. The lowest BCUT2D eigenvalue weighted by Crippen LogP contribution is -2.46. The van der Waals surface area contributed by atoms with Crippen molar-refractivity contribution in [3.63, 3.8) is 0 Å². The van der Waals surface area contributed by atoms with Crippen LogP contribution in [-0.4, -0.2) is 47.8 Å². The first-order chi connectivity index (χ1) is 13.2. The number of allylic oxidation sites excluding steroid dienone is 1. The van der Waals surface area contributed by atoms with E-state index in [4.69, 9.17) is 21.7 Å². The molecule has 2 amide bonds. The molecule has 152 valence electrons. The van der Waals surface area contributed by atoms with Gasteiger partial charge < -0.3 is 25.7 Å². The van der Waals surface area contributed by atoms with Crippen molar-refractivity contribution < 1.29 is 14.3 Å². The lowest BCUT2D eigenvalue weighted by Gasteiger charge is -2.34. The molecule has 0 aromatic heterocycles. The first-order valence-corrected chi connectivity index (χ1v) is 9.58. The van der Waals surface area contributed by atoms with Crippen molar-refractivity contribution in [3.8, 4) is 0 Å². The fraction of sp³-hybridized carbons (Fsp3) is 0.450. The van der Waals surface area contributed by atoms with E-state index in [9.17, 15) is 9.59 Å². The second kappa shape index (κ2) is 9.59. The monoisotopic (exact) mass is 406 g/mol. The van der Waals surface area contributed by atoms with Crippen LogP contribution in [0.25, 0.3) is 0 Å². The Morgan fingerprint density at radius 1 is 1.21 bits per heavy atom. The molecule has 0 bridgehead atoms. The maximum absolute atomic E-state index is 12.4. The lowest BCUT2D eigenvalue weighted by molar-refractivity contribution is -0.112. The second-order valence-electron chi connectivity index (χ2n) is 7.57. The standard InChI is InChI=1S/C20H27ClN4O3/c1-20(2,3)28-19(27)24-15-9-11-25(12-10-15)16(13-22)17(21)18(26)23-14-7-5-4-6-8-14/h4-8,13,15,22H,9-12H2,1-3H3,(H,23,26)(H,24,27)/b17-16-,22-13?. The van der Waals surface area contributed by atoms with Crippen LogP contribution in [0.15, 0.2) is 41.1 Å². The van der Waals surface area contributed by atoms with Gasteiger partial charge in [-0.1, -0.05) is 29.8 Å². The van der Waals surface area contributed by atoms with Crippen LogP contribution in [0, 0.1) is 5.41 Å². The molecule has 0 aliphatic carbocycles. The zero-order chi connectivity index (χ0) is 20.7. The van der Waals surface area contributed by atoms with Gasteiger partial charge in [0.25, 0.3) is 5.91 Å². The molecular weight excluding hydrogens is 380 g/mol. The third kappa shape index (κ3) is 6.56. The molecule has 0 spiro atoms. The zero-order valence-electron chi connectivity index (χ0n) is 16.4. The minimum absolute atomic E-state index is 0.0185. The van der Waals surface area contributed by atoms with Gasteiger partial charge in [0.15, 0.2) is 0 Å². The summed E-state index contributed by atoms with van der Waals surface area (Å²) in [6.45, 7) is 6.59. The van der Waals surface area contributed by atoms with Crippen molar-refractivity contribution in [1.82, 2.24) is 10.2 Å². The van der Waals surface area contributed by atoms with Crippen LogP contribution in [0.3, 0.4) is 0 Å². The molecule has 0 radical (unpaired) electrons. The van der Waals surface area contributed by atoms with Gasteiger partial charge in [-0.25, -0.2) is 4.79 Å². The Hall–Kier alpha value is -2.54. The van der Waals surface area contributed by atoms with Crippen LogP contribution in [-0.2, 0) is 9.53 Å². The van der Waals surface area contributed by atoms with Crippen molar-refractivity contribution in [3.05, 3.63) is 41.1 Å². The number of carbonyl (C=O) groups is 2. The van der Waals surface area contributed by atoms with Gasteiger partial charge in [-0.05, 0) is 45.7 Å². The predicted molar refractivity (Wildman–Crippen MR) is 111 cm³/mol. The summed E-state index contributed by atoms with van der Waals surface area (Å²) in [4.78, 5) is 26.2. The fourth-order valence-electron chi connectivity index (χ4n) is 2.86. The van der Waals surface area contributed by atoms with Gasteiger partial charge in [-0.3, -0.25) is 4.79 Å². The Kier molecular flexibility index (Phi) is 7.45. The average Bonchev–Trinajstić information content (AvgIpc) is 2.62. The van der Waals surface area contributed by atoms with E-state index in [1.807, 2.05) is 43.9 Å². The number of hydrogen-bond acceptors (Lipinski definition) is 5. The van der Waals surface area contributed by atoms with E-state index >= 15 is 0 Å². The van der Waals surface area contributed by atoms with Crippen LogP contribution >= 0.6 is 11.6 Å². The Labute approximate surface area is 170 Å². The SMILES string of the molecule is CC(C)(C)OC(=O)NC1CCN(/C(C=N)=C(\Cl)C(=O)Nc2ccccc2)CC1. The fourth-order valence-corrected chi connectivity index (χ4v) is 3.08. The summed E-state index contributed by atoms with van der Waals surface area (Å²) < 4.78 is 5.28. The average molecular weight is 407 g/mol. The number of anilines is 1. The van der Waals surface area contributed by atoms with E-state index in [0.29, 0.717) is 37.3 Å². The Bertz CT molecular complexity index is 736. The highest BCUT2D eigenvalue weighted by Gasteiger charge is 2.26. The van der Waals surface area contributed by atoms with Crippen molar-refractivity contribution in [2.75, 3.05) is 18.4 Å². The van der Waals surface area contributed by atoms with E-state index < -0.39 is 17.6 Å². The van der Waals surface area contributed by atoms with Crippen LogP contribution in [0.4, 0.5) is 10.5 Å². The molecule has 0 unspecified atom stereocenters. The van der Waals surface area contributed by atoms with Gasteiger partial charge in [0, 0.05) is 31.0 Å². The lowest BCUT2D eigenvalue weighted by atomic mass is 10.0. The summed E-state index contributed by atoms with van der Waals surface area (Å²) in [5, 5.41) is 13.2. The number of benzene rings is 1. The maximum atomic E-state index is 12.4. The number of nitrogens with one attached hydrogen (secondary N) is 3. The summed E-state index contributed by atoms with van der Waals surface area (Å²) >= 11 is 6.26. The summed E-state index contributed by atoms with van der Waals surface area (Å²) in [6.07, 6.45) is 1.99. The third-order valence-corrected chi connectivity index (χ3v) is 4.51. The first kappa shape index (κ1) is 21.8. The number of halogens is 1. The van der Waals surface area contributed by atoms with Crippen molar-refractivity contribution in [2.45, 2.75) is 45.3 Å². The molecular formula is C20H27ClN4O3. The summed E-state index contributed by atoms with van der Waals surface area (Å²) in [5.74, 6) is -0.458. The normalized spacial score (nSPS) is 16.1. The van der Waals surface area contributed by atoms with E-state index in [2.05, 4.69) is 10.6 Å². The molecule has 1 aliphatic heterocycles. The molecule has 1 aromatic rings. The van der Waals surface area contributed by atoms with E-state index in [1.54, 1.807) is 12.1 Å². The number of amides is 2. The predicted octanol–water partition coefficient (Wildman–Crippen LogP) is 3.71. The van der Waals surface area contributed by atoms with E-state index in [1.165, 1.54) is 0 Å². The highest BCUT2D eigenvalue weighted by Crippen LogP contribution is 2.21. The van der Waals surface area contributed by atoms with Gasteiger partial charge in [0.05, 0.1) is 5.70 Å².